The number of aromatic nitrogens is 1. The van der Waals surface area contributed by atoms with Gasteiger partial charge < -0.3 is 24.5 Å². The maximum atomic E-state index is 11.7. The number of ether oxygens (including phenoxy) is 1. The topological polar surface area (TPSA) is 91.1 Å². The van der Waals surface area contributed by atoms with Gasteiger partial charge >= 0.3 is 5.97 Å². The maximum absolute atomic E-state index is 11.7. The average Bonchev–Trinajstić information content (AvgIpc) is 3.48. The molecule has 0 aliphatic carbocycles. The number of benzene rings is 1. The van der Waals surface area contributed by atoms with Crippen LogP contribution in [0.3, 0.4) is 0 Å². The molecule has 9 heteroatoms. The number of hydrogen-bond acceptors (Lipinski definition) is 6. The molecule has 2 atom stereocenters. The minimum Gasteiger partial charge on any atom is -0.478 e. The van der Waals surface area contributed by atoms with Crippen molar-refractivity contribution in [1.82, 2.24) is 20.1 Å². The molecule has 5 rings (SSSR count). The van der Waals surface area contributed by atoms with Gasteiger partial charge in [-0.15, -0.1) is 0 Å². The molecule has 1 aromatic carbocycles. The van der Waals surface area contributed by atoms with Crippen LogP contribution >= 0.6 is 12.2 Å². The molecule has 34 heavy (non-hydrogen) atoms. The number of furan rings is 1. The summed E-state index contributed by atoms with van der Waals surface area (Å²) in [6.07, 6.45) is 1.77. The molecule has 0 amide bonds. The van der Waals surface area contributed by atoms with Crippen LogP contribution in [0.2, 0.25) is 0 Å². The third-order valence-electron chi connectivity index (χ3n) is 6.30. The van der Waals surface area contributed by atoms with Gasteiger partial charge in [-0.25, -0.2) is 4.79 Å². The molecule has 0 saturated carbocycles. The van der Waals surface area contributed by atoms with E-state index in [0.717, 1.165) is 45.1 Å². The number of carboxylic acid groups (broad SMARTS) is 1. The first-order chi connectivity index (χ1) is 16.6. The monoisotopic (exact) mass is 478 g/mol. The molecule has 2 aliphatic rings. The van der Waals surface area contributed by atoms with Gasteiger partial charge in [0.05, 0.1) is 30.5 Å². The first kappa shape index (κ1) is 22.5. The van der Waals surface area contributed by atoms with Gasteiger partial charge in [0.25, 0.3) is 0 Å². The molecule has 2 aromatic heterocycles. The Kier molecular flexibility index (Phi) is 6.57. The van der Waals surface area contributed by atoms with Crippen LogP contribution in [0.5, 0.6) is 0 Å². The third-order valence-corrected chi connectivity index (χ3v) is 6.65. The van der Waals surface area contributed by atoms with E-state index in [-0.39, 0.29) is 17.6 Å². The second kappa shape index (κ2) is 9.92. The number of nitrogens with one attached hydrogen (secondary N) is 1. The van der Waals surface area contributed by atoms with Gasteiger partial charge in [0.2, 0.25) is 0 Å². The summed E-state index contributed by atoms with van der Waals surface area (Å²) in [5.41, 5.74) is 1.62. The minimum atomic E-state index is -0.990. The zero-order chi connectivity index (χ0) is 23.5. The van der Waals surface area contributed by atoms with Crippen LogP contribution in [-0.2, 0) is 4.74 Å². The second-order valence-corrected chi connectivity index (χ2v) is 8.71. The van der Waals surface area contributed by atoms with E-state index in [0.29, 0.717) is 22.2 Å². The van der Waals surface area contributed by atoms with E-state index in [4.69, 9.17) is 21.4 Å². The highest BCUT2D eigenvalue weighted by atomic mass is 32.1. The Balaban J connectivity index is 1.47. The van der Waals surface area contributed by atoms with E-state index in [1.54, 1.807) is 24.4 Å². The van der Waals surface area contributed by atoms with Crippen molar-refractivity contribution in [3.63, 3.8) is 0 Å². The van der Waals surface area contributed by atoms with Crippen LogP contribution in [0.4, 0.5) is 0 Å². The fraction of sp³-hybridized carbons (Fsp3) is 0.320. The van der Waals surface area contributed by atoms with Crippen LogP contribution in [0.25, 0.3) is 11.3 Å². The minimum absolute atomic E-state index is 0.188. The molecule has 0 spiro atoms. The molecule has 0 bridgehead atoms. The standard InChI is InChI=1S/C25H26N4O4S/c30-24(31)18-6-2-1-5-17(18)20-8-9-21(33-20)23-22(19-7-3-4-10-26-19)27-25(34)29(23)12-11-28-13-15-32-16-14-28/h1-10,22-23H,11-16H2,(H,27,34)(H,30,31)/t22-,23-/m1/s1. The summed E-state index contributed by atoms with van der Waals surface area (Å²) in [6.45, 7) is 4.87. The Morgan fingerprint density at radius 1 is 1.09 bits per heavy atom. The summed E-state index contributed by atoms with van der Waals surface area (Å²) in [5.74, 6) is 0.231. The van der Waals surface area contributed by atoms with Crippen LogP contribution in [0.15, 0.2) is 65.2 Å². The van der Waals surface area contributed by atoms with Gasteiger partial charge in [0, 0.05) is 37.9 Å². The third kappa shape index (κ3) is 4.54. The largest absolute Gasteiger partial charge is 0.478 e. The van der Waals surface area contributed by atoms with Crippen molar-refractivity contribution in [2.24, 2.45) is 0 Å². The summed E-state index contributed by atoms with van der Waals surface area (Å²) in [7, 11) is 0. The Hall–Kier alpha value is -3.27. The van der Waals surface area contributed by atoms with Crippen molar-refractivity contribution in [3.8, 4) is 11.3 Å². The normalized spacial score (nSPS) is 20.9. The van der Waals surface area contributed by atoms with Crippen molar-refractivity contribution in [2.45, 2.75) is 12.1 Å². The number of carbonyl (C=O) groups is 1. The van der Waals surface area contributed by atoms with E-state index >= 15 is 0 Å². The van der Waals surface area contributed by atoms with Crippen LogP contribution in [-0.4, -0.2) is 70.4 Å². The zero-order valence-electron chi connectivity index (χ0n) is 18.6. The predicted molar refractivity (Wildman–Crippen MR) is 131 cm³/mol. The van der Waals surface area contributed by atoms with E-state index in [2.05, 4.69) is 20.1 Å². The molecule has 0 radical (unpaired) electrons. The van der Waals surface area contributed by atoms with Crippen LogP contribution in [0.1, 0.15) is 33.9 Å². The molecule has 2 N–H and O–H groups in total. The SMILES string of the molecule is O=C(O)c1ccccc1-c1ccc([C@@H]2[C@@H](c3ccccn3)NC(=S)N2CCN2CCOCC2)o1. The lowest BCUT2D eigenvalue weighted by atomic mass is 10.0. The molecule has 2 saturated heterocycles. The van der Waals surface area contributed by atoms with Gasteiger partial charge in [-0.2, -0.15) is 0 Å². The highest BCUT2D eigenvalue weighted by molar-refractivity contribution is 7.80. The molecule has 8 nitrogen and oxygen atoms in total. The Morgan fingerprint density at radius 2 is 1.88 bits per heavy atom. The van der Waals surface area contributed by atoms with E-state index in [1.807, 2.05) is 36.4 Å². The quantitative estimate of drug-likeness (QED) is 0.496. The Bertz CT molecular complexity index is 1160. The molecule has 2 fully saturated rings. The predicted octanol–water partition coefficient (Wildman–Crippen LogP) is 3.34. The molecular formula is C25H26N4O4S. The first-order valence-electron chi connectivity index (χ1n) is 11.3. The summed E-state index contributed by atoms with van der Waals surface area (Å²) < 4.78 is 11.8. The number of thiocarbonyl (C=S) groups is 1. The van der Waals surface area contributed by atoms with Gasteiger partial charge in [-0.1, -0.05) is 24.3 Å². The summed E-state index contributed by atoms with van der Waals surface area (Å²) in [5, 5.41) is 13.7. The van der Waals surface area contributed by atoms with Gasteiger partial charge in [-0.05, 0) is 42.5 Å². The summed E-state index contributed by atoms with van der Waals surface area (Å²) >= 11 is 5.74. The summed E-state index contributed by atoms with van der Waals surface area (Å²) in [4.78, 5) is 20.8. The number of hydrogen-bond donors (Lipinski definition) is 2. The highest BCUT2D eigenvalue weighted by Gasteiger charge is 2.41. The molecule has 2 aliphatic heterocycles. The second-order valence-electron chi connectivity index (χ2n) is 8.33. The number of aromatic carboxylic acids is 1. The fourth-order valence-electron chi connectivity index (χ4n) is 4.57. The van der Waals surface area contributed by atoms with Gasteiger partial charge in [-0.3, -0.25) is 9.88 Å². The smallest absolute Gasteiger partial charge is 0.336 e. The van der Waals surface area contributed by atoms with Crippen molar-refractivity contribution in [2.75, 3.05) is 39.4 Å². The zero-order valence-corrected chi connectivity index (χ0v) is 19.4. The number of rotatable bonds is 7. The molecular weight excluding hydrogens is 452 g/mol. The van der Waals surface area contributed by atoms with Crippen molar-refractivity contribution in [1.29, 1.82) is 0 Å². The first-order valence-corrected chi connectivity index (χ1v) is 11.7. The average molecular weight is 479 g/mol. The summed E-state index contributed by atoms with van der Waals surface area (Å²) in [6, 6.07) is 16.0. The van der Waals surface area contributed by atoms with E-state index < -0.39 is 5.97 Å². The van der Waals surface area contributed by atoms with Crippen molar-refractivity contribution >= 4 is 23.3 Å². The molecule has 176 valence electrons. The number of carboxylic acids is 1. The highest BCUT2D eigenvalue weighted by Crippen LogP contribution is 2.40. The lowest BCUT2D eigenvalue weighted by molar-refractivity contribution is 0.0347. The van der Waals surface area contributed by atoms with E-state index in [9.17, 15) is 9.90 Å². The van der Waals surface area contributed by atoms with E-state index in [1.165, 1.54) is 0 Å². The lowest BCUT2D eigenvalue weighted by Gasteiger charge is -2.31. The molecule has 4 heterocycles. The fourth-order valence-corrected chi connectivity index (χ4v) is 4.90. The number of pyridine rings is 1. The van der Waals surface area contributed by atoms with Gasteiger partial charge in [0.15, 0.2) is 5.11 Å². The van der Waals surface area contributed by atoms with Crippen molar-refractivity contribution in [3.05, 3.63) is 77.8 Å². The Morgan fingerprint density at radius 3 is 2.65 bits per heavy atom. The molecule has 0 unspecified atom stereocenters. The van der Waals surface area contributed by atoms with Crippen molar-refractivity contribution < 1.29 is 19.1 Å². The Labute approximate surface area is 203 Å². The van der Waals surface area contributed by atoms with Crippen LogP contribution in [0, 0.1) is 0 Å². The number of morpholine rings is 1. The molecule has 3 aromatic rings. The number of nitrogens with zero attached hydrogens (tertiary/aromatic N) is 3. The maximum Gasteiger partial charge on any atom is 0.336 e. The van der Waals surface area contributed by atoms with Crippen LogP contribution < -0.4 is 5.32 Å². The van der Waals surface area contributed by atoms with Gasteiger partial charge in [0.1, 0.15) is 17.6 Å². The lowest BCUT2D eigenvalue weighted by Crippen LogP contribution is -2.42.